The van der Waals surface area contributed by atoms with Crippen molar-refractivity contribution in [3.8, 4) is 0 Å². The number of pyridine rings is 1. The van der Waals surface area contributed by atoms with Crippen LogP contribution in [0.1, 0.15) is 22.6 Å². The highest BCUT2D eigenvalue weighted by Crippen LogP contribution is 2.54. The van der Waals surface area contributed by atoms with E-state index >= 15 is 0 Å². The van der Waals surface area contributed by atoms with E-state index in [0.717, 1.165) is 26.2 Å². The number of aromatic nitrogens is 1. The molecule has 1 aromatic heterocycles. The molecule has 0 bridgehead atoms. The maximum absolute atomic E-state index is 10.3. The Balaban J connectivity index is 1.40. The van der Waals surface area contributed by atoms with Crippen LogP contribution in [-0.4, -0.2) is 51.2 Å². The van der Waals surface area contributed by atoms with Crippen LogP contribution in [0.5, 0.6) is 0 Å². The molecular formula is C25H27N3O. The second-order valence-electron chi connectivity index (χ2n) is 8.36. The summed E-state index contributed by atoms with van der Waals surface area (Å²) in [6.45, 7) is 4.09. The Morgan fingerprint density at radius 1 is 0.828 bits per heavy atom. The van der Waals surface area contributed by atoms with Crippen LogP contribution >= 0.6 is 0 Å². The molecule has 0 saturated carbocycles. The first-order chi connectivity index (χ1) is 14.3. The standard InChI is InChI=1S/C25H27N3O/c29-17-23-24(22-9-5-2-6-10-22)25(28(23)16-20-7-3-1-4-8-20)18-27(19-25)15-21-11-13-26-14-12-21/h1-14,23-24,29H,15-19H2/t23-,24-/m1/s1. The van der Waals surface area contributed by atoms with E-state index in [9.17, 15) is 5.11 Å². The van der Waals surface area contributed by atoms with Gasteiger partial charge in [0.25, 0.3) is 0 Å². The lowest BCUT2D eigenvalue weighted by Gasteiger charge is -2.71. The number of nitrogens with zero attached hydrogens (tertiary/aromatic N) is 3. The zero-order chi connectivity index (χ0) is 19.7. The van der Waals surface area contributed by atoms with Crippen molar-refractivity contribution >= 4 is 0 Å². The van der Waals surface area contributed by atoms with Gasteiger partial charge in [0, 0.05) is 50.5 Å². The third-order valence-corrected chi connectivity index (χ3v) is 6.63. The van der Waals surface area contributed by atoms with Crippen LogP contribution < -0.4 is 0 Å². The van der Waals surface area contributed by atoms with Crippen molar-refractivity contribution in [2.24, 2.45) is 0 Å². The van der Waals surface area contributed by atoms with Crippen LogP contribution in [0.4, 0.5) is 0 Å². The summed E-state index contributed by atoms with van der Waals surface area (Å²) in [5.74, 6) is 0.367. The first-order valence-electron chi connectivity index (χ1n) is 10.4. The van der Waals surface area contributed by atoms with Gasteiger partial charge in [-0.25, -0.2) is 0 Å². The van der Waals surface area contributed by atoms with Crippen molar-refractivity contribution in [1.29, 1.82) is 0 Å². The number of rotatable bonds is 6. The molecule has 2 aliphatic rings. The number of aliphatic hydroxyl groups is 1. The summed E-state index contributed by atoms with van der Waals surface area (Å²) in [5.41, 5.74) is 4.06. The molecule has 0 amide bonds. The Labute approximate surface area is 172 Å². The van der Waals surface area contributed by atoms with Gasteiger partial charge in [-0.05, 0) is 28.8 Å². The summed E-state index contributed by atoms with van der Waals surface area (Å²) in [6.07, 6.45) is 3.73. The average Bonchev–Trinajstić information content (AvgIpc) is 2.75. The predicted octanol–water partition coefficient (Wildman–Crippen LogP) is 3.30. The summed E-state index contributed by atoms with van der Waals surface area (Å²) < 4.78 is 0. The Kier molecular flexibility index (Phi) is 4.92. The van der Waals surface area contributed by atoms with E-state index in [-0.39, 0.29) is 18.2 Å². The summed E-state index contributed by atoms with van der Waals surface area (Å²) in [7, 11) is 0. The highest BCUT2D eigenvalue weighted by Gasteiger charge is 2.65. The SMILES string of the molecule is OC[C@@H]1[C@@H](c2ccccc2)C2(CN(Cc3ccncc3)C2)N1Cc1ccccc1. The van der Waals surface area contributed by atoms with Gasteiger partial charge in [0.1, 0.15) is 0 Å². The summed E-state index contributed by atoms with van der Waals surface area (Å²) in [6, 6.07) is 25.7. The molecule has 3 aromatic rings. The van der Waals surface area contributed by atoms with Crippen molar-refractivity contribution in [1.82, 2.24) is 14.8 Å². The smallest absolute Gasteiger partial charge is 0.0593 e. The molecule has 0 radical (unpaired) electrons. The van der Waals surface area contributed by atoms with Crippen LogP contribution in [0.2, 0.25) is 0 Å². The zero-order valence-electron chi connectivity index (χ0n) is 16.6. The van der Waals surface area contributed by atoms with Crippen molar-refractivity contribution in [3.63, 3.8) is 0 Å². The van der Waals surface area contributed by atoms with Crippen molar-refractivity contribution in [2.75, 3.05) is 19.7 Å². The maximum atomic E-state index is 10.3. The van der Waals surface area contributed by atoms with Gasteiger partial charge in [0.2, 0.25) is 0 Å². The van der Waals surface area contributed by atoms with Gasteiger partial charge in [-0.15, -0.1) is 0 Å². The Hall–Kier alpha value is -2.53. The van der Waals surface area contributed by atoms with Gasteiger partial charge in [0.15, 0.2) is 0 Å². The van der Waals surface area contributed by atoms with Crippen LogP contribution in [0.25, 0.3) is 0 Å². The van der Waals surface area contributed by atoms with E-state index < -0.39 is 0 Å². The Morgan fingerprint density at radius 3 is 2.10 bits per heavy atom. The zero-order valence-corrected chi connectivity index (χ0v) is 16.6. The number of likely N-dealkylation sites (tertiary alicyclic amines) is 2. The molecule has 4 heteroatoms. The summed E-state index contributed by atoms with van der Waals surface area (Å²) in [4.78, 5) is 9.19. The maximum Gasteiger partial charge on any atom is 0.0593 e. The highest BCUT2D eigenvalue weighted by molar-refractivity contribution is 5.36. The predicted molar refractivity (Wildman–Crippen MR) is 114 cm³/mol. The van der Waals surface area contributed by atoms with Gasteiger partial charge < -0.3 is 5.11 Å². The normalized spacial score (nSPS) is 23.5. The van der Waals surface area contributed by atoms with Crippen LogP contribution in [0.15, 0.2) is 85.2 Å². The van der Waals surface area contributed by atoms with E-state index in [2.05, 4.69) is 87.6 Å². The van der Waals surface area contributed by atoms with Gasteiger partial charge in [-0.2, -0.15) is 0 Å². The molecule has 2 saturated heterocycles. The monoisotopic (exact) mass is 385 g/mol. The molecule has 2 aromatic carbocycles. The molecule has 29 heavy (non-hydrogen) atoms. The molecular weight excluding hydrogens is 358 g/mol. The van der Waals surface area contributed by atoms with Crippen molar-refractivity contribution in [3.05, 3.63) is 102 Å². The average molecular weight is 386 g/mol. The molecule has 4 nitrogen and oxygen atoms in total. The summed E-state index contributed by atoms with van der Waals surface area (Å²) >= 11 is 0. The fourth-order valence-corrected chi connectivity index (χ4v) is 5.38. The molecule has 0 aliphatic carbocycles. The molecule has 1 spiro atoms. The fraction of sp³-hybridized carbons (Fsp3) is 0.320. The lowest BCUT2D eigenvalue weighted by atomic mass is 9.60. The van der Waals surface area contributed by atoms with Gasteiger partial charge in [0.05, 0.1) is 12.1 Å². The first-order valence-corrected chi connectivity index (χ1v) is 10.4. The first kappa shape index (κ1) is 18.5. The van der Waals surface area contributed by atoms with Crippen molar-refractivity contribution < 1.29 is 5.11 Å². The molecule has 2 atom stereocenters. The van der Waals surface area contributed by atoms with Gasteiger partial charge in [-0.1, -0.05) is 60.7 Å². The second-order valence-corrected chi connectivity index (χ2v) is 8.36. The second kappa shape index (κ2) is 7.71. The van der Waals surface area contributed by atoms with Crippen LogP contribution in [0.3, 0.4) is 0 Å². The number of hydrogen-bond acceptors (Lipinski definition) is 4. The Bertz CT molecular complexity index is 926. The minimum Gasteiger partial charge on any atom is -0.395 e. The molecule has 148 valence electrons. The van der Waals surface area contributed by atoms with Crippen molar-refractivity contribution in [2.45, 2.75) is 30.6 Å². The van der Waals surface area contributed by atoms with E-state index in [4.69, 9.17) is 0 Å². The number of aliphatic hydroxyl groups excluding tert-OH is 1. The topological polar surface area (TPSA) is 39.6 Å². The molecule has 5 rings (SSSR count). The molecule has 0 unspecified atom stereocenters. The number of hydrogen-bond donors (Lipinski definition) is 1. The van der Waals surface area contributed by atoms with Crippen LogP contribution in [-0.2, 0) is 13.1 Å². The largest absolute Gasteiger partial charge is 0.395 e. The molecule has 2 fully saturated rings. The molecule has 2 aliphatic heterocycles. The Morgan fingerprint density at radius 2 is 1.45 bits per heavy atom. The van der Waals surface area contributed by atoms with Gasteiger partial charge >= 0.3 is 0 Å². The fourth-order valence-electron chi connectivity index (χ4n) is 5.38. The van der Waals surface area contributed by atoms with Gasteiger partial charge in [-0.3, -0.25) is 14.8 Å². The third-order valence-electron chi connectivity index (χ3n) is 6.63. The van der Waals surface area contributed by atoms with E-state index in [1.165, 1.54) is 16.7 Å². The minimum atomic E-state index is 0.0949. The van der Waals surface area contributed by atoms with E-state index in [0.29, 0.717) is 5.92 Å². The third kappa shape index (κ3) is 3.27. The summed E-state index contributed by atoms with van der Waals surface area (Å²) in [5, 5.41) is 10.3. The molecule has 1 N–H and O–H groups in total. The number of benzene rings is 2. The quantitative estimate of drug-likeness (QED) is 0.707. The lowest BCUT2D eigenvalue weighted by molar-refractivity contribution is -0.197. The van der Waals surface area contributed by atoms with E-state index in [1.807, 2.05) is 12.4 Å². The minimum absolute atomic E-state index is 0.0949. The van der Waals surface area contributed by atoms with E-state index in [1.54, 1.807) is 0 Å². The molecule has 3 heterocycles. The highest BCUT2D eigenvalue weighted by atomic mass is 16.3. The lowest BCUT2D eigenvalue weighted by Crippen LogP contribution is -2.83. The van der Waals surface area contributed by atoms with Crippen LogP contribution in [0, 0.1) is 0 Å².